The maximum atomic E-state index is 10.4. The smallest absolute Gasteiger partial charge is 0.0775 e. The molecule has 4 rings (SSSR count). The van der Waals surface area contributed by atoms with E-state index < -0.39 is 0 Å². The molecule has 2 aromatic carbocycles. The van der Waals surface area contributed by atoms with Crippen LogP contribution in [0.3, 0.4) is 0 Å². The van der Waals surface area contributed by atoms with Gasteiger partial charge < -0.3 is 10.4 Å². The molecule has 2 N–H and O–H groups in total. The summed E-state index contributed by atoms with van der Waals surface area (Å²) in [4.78, 5) is 0. The number of aliphatic hydroxyl groups excluding tert-OH is 1. The molecule has 0 saturated heterocycles. The van der Waals surface area contributed by atoms with Crippen LogP contribution in [0, 0.1) is 0 Å². The van der Waals surface area contributed by atoms with Gasteiger partial charge in [-0.2, -0.15) is 0 Å². The van der Waals surface area contributed by atoms with Gasteiger partial charge >= 0.3 is 0 Å². The Balaban J connectivity index is 1.65. The molecule has 0 fully saturated rings. The van der Waals surface area contributed by atoms with E-state index in [1.165, 1.54) is 16.7 Å². The maximum Gasteiger partial charge on any atom is 0.0775 e. The average molecular weight is 334 g/mol. The van der Waals surface area contributed by atoms with E-state index >= 15 is 0 Å². The lowest BCUT2D eigenvalue weighted by Crippen LogP contribution is -2.31. The van der Waals surface area contributed by atoms with E-state index in [1.54, 1.807) is 6.07 Å². The minimum atomic E-state index is -0.382. The highest BCUT2D eigenvalue weighted by atomic mass is 35.5. The van der Waals surface area contributed by atoms with Crippen molar-refractivity contribution in [3.05, 3.63) is 68.7 Å². The largest absolute Gasteiger partial charge is 0.391 e. The monoisotopic (exact) mass is 333 g/mol. The fourth-order valence-corrected chi connectivity index (χ4v) is 4.50. The van der Waals surface area contributed by atoms with Crippen LogP contribution >= 0.6 is 23.2 Å². The minimum absolute atomic E-state index is 0.0288. The topological polar surface area (TPSA) is 32.3 Å². The first kappa shape index (κ1) is 14.5. The molecule has 22 heavy (non-hydrogen) atoms. The Morgan fingerprint density at radius 3 is 2.77 bits per heavy atom. The third-order valence-electron chi connectivity index (χ3n) is 4.82. The Morgan fingerprint density at radius 1 is 1.09 bits per heavy atom. The van der Waals surface area contributed by atoms with Crippen LogP contribution in [0.25, 0.3) is 0 Å². The van der Waals surface area contributed by atoms with Crippen LogP contribution in [-0.2, 0) is 12.8 Å². The van der Waals surface area contributed by atoms with Crippen LogP contribution in [0.15, 0.2) is 36.4 Å². The summed E-state index contributed by atoms with van der Waals surface area (Å²) in [6.07, 6.45) is 2.29. The number of aliphatic hydroxyl groups is 1. The molecular weight excluding hydrogens is 317 g/mol. The molecule has 0 bridgehead atoms. The number of nitrogens with one attached hydrogen (secondary N) is 1. The lowest BCUT2D eigenvalue weighted by molar-refractivity contribution is 0.134. The Morgan fingerprint density at radius 2 is 1.91 bits per heavy atom. The zero-order valence-electron chi connectivity index (χ0n) is 12.0. The number of rotatable bonds is 2. The molecule has 4 heteroatoms. The third-order valence-corrected chi connectivity index (χ3v) is 5.35. The highest BCUT2D eigenvalue weighted by Crippen LogP contribution is 2.41. The van der Waals surface area contributed by atoms with Gasteiger partial charge in [-0.3, -0.25) is 0 Å². The lowest BCUT2D eigenvalue weighted by atomic mass is 10.0. The zero-order chi connectivity index (χ0) is 15.3. The summed E-state index contributed by atoms with van der Waals surface area (Å²) in [6.45, 7) is 0. The minimum Gasteiger partial charge on any atom is -0.391 e. The van der Waals surface area contributed by atoms with Gasteiger partial charge in [-0.05, 0) is 47.2 Å². The van der Waals surface area contributed by atoms with Crippen molar-refractivity contribution in [2.45, 2.75) is 37.5 Å². The Kier molecular flexibility index (Phi) is 3.66. The summed E-state index contributed by atoms with van der Waals surface area (Å²) in [5.74, 6) is 0. The first-order valence-electron chi connectivity index (χ1n) is 7.63. The van der Waals surface area contributed by atoms with Crippen LogP contribution in [0.5, 0.6) is 0 Å². The fourth-order valence-electron chi connectivity index (χ4n) is 3.84. The normalized spacial score (nSPS) is 26.0. The van der Waals surface area contributed by atoms with Crippen molar-refractivity contribution in [3.63, 3.8) is 0 Å². The number of halogens is 2. The molecule has 0 aromatic heterocycles. The molecular formula is C18H17Cl2NO. The Hall–Kier alpha value is -1.06. The highest BCUT2D eigenvalue weighted by molar-refractivity contribution is 6.35. The Bertz CT molecular complexity index is 731. The van der Waals surface area contributed by atoms with Crippen LogP contribution in [0.4, 0.5) is 0 Å². The number of hydrogen-bond donors (Lipinski definition) is 2. The van der Waals surface area contributed by atoms with E-state index in [9.17, 15) is 5.11 Å². The second kappa shape index (κ2) is 5.54. The second-order valence-electron chi connectivity index (χ2n) is 6.17. The molecule has 2 aromatic rings. The highest BCUT2D eigenvalue weighted by Gasteiger charge is 2.35. The predicted octanol–water partition coefficient (Wildman–Crippen LogP) is 4.23. The number of fused-ring (bicyclic) bond motifs is 2. The van der Waals surface area contributed by atoms with Gasteiger partial charge in [-0.25, -0.2) is 0 Å². The second-order valence-corrected chi connectivity index (χ2v) is 7.01. The quantitative estimate of drug-likeness (QED) is 0.861. The molecule has 114 valence electrons. The molecule has 2 aliphatic rings. The van der Waals surface area contributed by atoms with Gasteiger partial charge in [0.05, 0.1) is 12.1 Å². The van der Waals surface area contributed by atoms with E-state index in [-0.39, 0.29) is 18.2 Å². The molecule has 3 atom stereocenters. The third kappa shape index (κ3) is 2.35. The fraction of sp³-hybridized carbons (Fsp3) is 0.333. The maximum absolute atomic E-state index is 10.4. The summed E-state index contributed by atoms with van der Waals surface area (Å²) < 4.78 is 0. The average Bonchev–Trinajstić information content (AvgIpc) is 3.01. The van der Waals surface area contributed by atoms with Gasteiger partial charge in [0.1, 0.15) is 0 Å². The van der Waals surface area contributed by atoms with E-state index in [1.807, 2.05) is 18.2 Å². The number of aryl methyl sites for hydroxylation is 1. The van der Waals surface area contributed by atoms with Gasteiger partial charge in [-0.1, -0.05) is 47.5 Å². The van der Waals surface area contributed by atoms with Crippen molar-refractivity contribution >= 4 is 23.2 Å². The zero-order valence-corrected chi connectivity index (χ0v) is 13.5. The SMILES string of the molecule is O[C@@H]1Cc2ccccc2[C@H]1NC1CCc2cc(Cl)cc(Cl)c21. The number of hydrogen-bond acceptors (Lipinski definition) is 2. The van der Waals surface area contributed by atoms with Crippen molar-refractivity contribution in [2.24, 2.45) is 0 Å². The van der Waals surface area contributed by atoms with Gasteiger partial charge in [0.15, 0.2) is 0 Å². The molecule has 2 aliphatic carbocycles. The summed E-state index contributed by atoms with van der Waals surface area (Å²) in [7, 11) is 0. The van der Waals surface area contributed by atoms with Crippen molar-refractivity contribution in [1.29, 1.82) is 0 Å². The van der Waals surface area contributed by atoms with E-state index in [2.05, 4.69) is 17.4 Å². The van der Waals surface area contributed by atoms with Crippen LogP contribution < -0.4 is 5.32 Å². The van der Waals surface area contributed by atoms with E-state index in [0.29, 0.717) is 11.4 Å². The first-order valence-corrected chi connectivity index (χ1v) is 8.39. The molecule has 0 spiro atoms. The van der Waals surface area contributed by atoms with Crippen molar-refractivity contribution in [3.8, 4) is 0 Å². The van der Waals surface area contributed by atoms with Crippen molar-refractivity contribution in [2.75, 3.05) is 0 Å². The standard InChI is InChI=1S/C18H17Cl2NO/c19-12-7-11-5-6-15(17(11)14(20)9-12)21-18-13-4-2-1-3-10(13)8-16(18)22/h1-4,7,9,15-16,18,21-22H,5-6,8H2/t15?,16-,18-/m1/s1. The molecule has 0 aliphatic heterocycles. The number of benzene rings is 2. The van der Waals surface area contributed by atoms with Crippen LogP contribution in [0.1, 0.15) is 40.8 Å². The van der Waals surface area contributed by atoms with Crippen LogP contribution in [0.2, 0.25) is 10.0 Å². The van der Waals surface area contributed by atoms with E-state index in [4.69, 9.17) is 23.2 Å². The summed E-state index contributed by atoms with van der Waals surface area (Å²) in [5, 5.41) is 15.4. The van der Waals surface area contributed by atoms with Gasteiger partial charge in [0.2, 0.25) is 0 Å². The molecule has 0 amide bonds. The Labute approximate surface area is 140 Å². The van der Waals surface area contributed by atoms with Gasteiger partial charge in [0, 0.05) is 22.5 Å². The summed E-state index contributed by atoms with van der Waals surface area (Å²) >= 11 is 12.5. The van der Waals surface area contributed by atoms with Crippen LogP contribution in [-0.4, -0.2) is 11.2 Å². The molecule has 1 unspecified atom stereocenters. The summed E-state index contributed by atoms with van der Waals surface area (Å²) in [5.41, 5.74) is 4.79. The van der Waals surface area contributed by atoms with Crippen molar-refractivity contribution < 1.29 is 5.11 Å². The van der Waals surface area contributed by atoms with Gasteiger partial charge in [-0.15, -0.1) is 0 Å². The first-order chi connectivity index (χ1) is 10.6. The molecule has 0 heterocycles. The lowest BCUT2D eigenvalue weighted by Gasteiger charge is -2.24. The summed E-state index contributed by atoms with van der Waals surface area (Å²) in [6, 6.07) is 12.2. The molecule has 0 radical (unpaired) electrons. The van der Waals surface area contributed by atoms with Crippen molar-refractivity contribution in [1.82, 2.24) is 5.32 Å². The van der Waals surface area contributed by atoms with Gasteiger partial charge in [0.25, 0.3) is 0 Å². The van der Waals surface area contributed by atoms with E-state index in [0.717, 1.165) is 23.4 Å². The molecule has 2 nitrogen and oxygen atoms in total. The predicted molar refractivity (Wildman–Crippen MR) is 89.6 cm³/mol. The molecule has 0 saturated carbocycles.